The lowest BCUT2D eigenvalue weighted by atomic mass is 10.2. The van der Waals surface area contributed by atoms with Gasteiger partial charge in [0, 0.05) is 0 Å². The van der Waals surface area contributed by atoms with Crippen molar-refractivity contribution in [3.05, 3.63) is 89.5 Å². The first-order valence-corrected chi connectivity index (χ1v) is 13.8. The van der Waals surface area contributed by atoms with E-state index < -0.39 is 8.45 Å². The van der Waals surface area contributed by atoms with Gasteiger partial charge in [-0.05, 0) is 63.1 Å². The van der Waals surface area contributed by atoms with Crippen LogP contribution in [0.2, 0.25) is 0 Å². The smallest absolute Gasteiger partial charge is 0.337 e. The topological polar surface area (TPSA) is 52.5 Å². The third-order valence-electron chi connectivity index (χ3n) is 4.44. The second-order valence-electron chi connectivity index (χ2n) is 8.20. The fourth-order valence-corrected chi connectivity index (χ4v) is 5.44. The highest BCUT2D eigenvalue weighted by atomic mass is 31.2. The normalized spacial score (nSPS) is 12.7. The summed E-state index contributed by atoms with van der Waals surface area (Å²) in [6, 6.07) is 23.7. The van der Waals surface area contributed by atoms with Gasteiger partial charge in [-0.2, -0.15) is 0 Å². The van der Waals surface area contributed by atoms with Gasteiger partial charge in [0.15, 0.2) is 8.96 Å². The Balaban J connectivity index is 1.78. The summed E-state index contributed by atoms with van der Waals surface area (Å²) in [5.41, 5.74) is 3.51. The Morgan fingerprint density at radius 1 is 0.794 bits per heavy atom. The van der Waals surface area contributed by atoms with Crippen molar-refractivity contribution in [2.24, 2.45) is 10.4 Å². The molecule has 2 unspecified atom stereocenters. The van der Waals surface area contributed by atoms with Crippen LogP contribution in [0.4, 0.5) is 0 Å². The van der Waals surface area contributed by atoms with E-state index >= 15 is 0 Å². The molecule has 0 fully saturated rings. The predicted molar refractivity (Wildman–Crippen MR) is 143 cm³/mol. The van der Waals surface area contributed by atoms with Crippen LogP contribution in [0, 0.1) is 26.7 Å². The fourth-order valence-electron chi connectivity index (χ4n) is 2.51. The van der Waals surface area contributed by atoms with Crippen molar-refractivity contribution < 1.29 is 18.4 Å². The second kappa shape index (κ2) is 13.7. The molecule has 0 bridgehead atoms. The Morgan fingerprint density at radius 2 is 1.29 bits per heavy atom. The number of aryl methyl sites for hydroxylation is 3. The van der Waals surface area contributed by atoms with Crippen LogP contribution < -0.4 is 13.6 Å². The van der Waals surface area contributed by atoms with Crippen LogP contribution >= 0.6 is 26.0 Å². The van der Waals surface area contributed by atoms with Gasteiger partial charge in [-0.15, -0.1) is 4.52 Å². The molecule has 0 heterocycles. The zero-order valence-electron chi connectivity index (χ0n) is 20.1. The summed E-state index contributed by atoms with van der Waals surface area (Å²) in [5.74, 6) is 2.56. The van der Waals surface area contributed by atoms with Crippen LogP contribution in [0.25, 0.3) is 0 Å². The molecule has 0 radical (unpaired) electrons. The summed E-state index contributed by atoms with van der Waals surface area (Å²) >= 11 is 0. The summed E-state index contributed by atoms with van der Waals surface area (Å²) in [5, 5.41) is 0. The maximum absolute atomic E-state index is 6.27. The van der Waals surface area contributed by atoms with Gasteiger partial charge in [0.2, 0.25) is 0 Å². The van der Waals surface area contributed by atoms with Crippen molar-refractivity contribution in [1.29, 1.82) is 0 Å². The maximum Gasteiger partial charge on any atom is 0.337 e. The van der Waals surface area contributed by atoms with Gasteiger partial charge in [-0.1, -0.05) is 71.5 Å². The van der Waals surface area contributed by atoms with Crippen LogP contribution in [0.15, 0.2) is 77.3 Å². The molecular formula is C25H31N2O4P3. The molecule has 180 valence electrons. The Labute approximate surface area is 207 Å². The maximum atomic E-state index is 6.27. The van der Waals surface area contributed by atoms with Gasteiger partial charge in [0.25, 0.3) is 8.60 Å². The van der Waals surface area contributed by atoms with E-state index in [-0.39, 0.29) is 8.96 Å². The zero-order valence-corrected chi connectivity index (χ0v) is 22.9. The van der Waals surface area contributed by atoms with Gasteiger partial charge in [-0.25, -0.2) is 0 Å². The van der Waals surface area contributed by atoms with E-state index in [0.717, 1.165) is 17.1 Å². The van der Waals surface area contributed by atoms with Crippen molar-refractivity contribution >= 4 is 26.0 Å². The predicted octanol–water partition coefficient (Wildman–Crippen LogP) is 8.82. The monoisotopic (exact) mass is 516 g/mol. The van der Waals surface area contributed by atoms with Gasteiger partial charge in [0.1, 0.15) is 17.2 Å². The van der Waals surface area contributed by atoms with E-state index in [1.54, 1.807) is 4.60 Å². The summed E-state index contributed by atoms with van der Waals surface area (Å²) in [7, 11) is -1.28. The van der Waals surface area contributed by atoms with E-state index in [1.807, 2.05) is 93.6 Å². The molecule has 3 aromatic rings. The average Bonchev–Trinajstić information content (AvgIpc) is 2.82. The lowest BCUT2D eigenvalue weighted by Gasteiger charge is -2.25. The molecule has 34 heavy (non-hydrogen) atoms. The minimum Gasteiger partial charge on any atom is -0.458 e. The van der Waals surface area contributed by atoms with Gasteiger partial charge >= 0.3 is 8.45 Å². The first-order valence-electron chi connectivity index (χ1n) is 11.0. The van der Waals surface area contributed by atoms with E-state index in [9.17, 15) is 0 Å². The van der Waals surface area contributed by atoms with Crippen molar-refractivity contribution in [3.8, 4) is 17.2 Å². The van der Waals surface area contributed by atoms with Gasteiger partial charge in [0.05, 0.1) is 6.61 Å². The Kier molecular flexibility index (Phi) is 10.7. The van der Waals surface area contributed by atoms with Crippen molar-refractivity contribution in [1.82, 2.24) is 4.60 Å². The van der Waals surface area contributed by atoms with E-state index in [1.165, 1.54) is 11.1 Å². The molecular weight excluding hydrogens is 485 g/mol. The minimum atomic E-state index is -1.56. The summed E-state index contributed by atoms with van der Waals surface area (Å²) in [4.78, 5) is 6.10. The van der Waals surface area contributed by atoms with Gasteiger partial charge in [-0.3, -0.25) is 4.84 Å². The lowest BCUT2D eigenvalue weighted by Crippen LogP contribution is -2.15. The molecule has 0 aliphatic heterocycles. The Bertz CT molecular complexity index is 1030. The molecule has 6 nitrogen and oxygen atoms in total. The van der Waals surface area contributed by atoms with Crippen LogP contribution in [-0.4, -0.2) is 11.2 Å². The molecule has 2 atom stereocenters. The summed E-state index contributed by atoms with van der Waals surface area (Å²) in [6.07, 6.45) is 0. The standard InChI is InChI=1S/C25H31N2O4P3/c1-19(2)18-28-27(33-30-24-14-8-21(4)9-15-24)34(31-25-16-10-22(5)11-17-25)26-32-29-23-12-6-20(3)7-13-23/h6-17,19,33H,18H2,1-5H3. The molecule has 0 spiro atoms. The van der Waals surface area contributed by atoms with Crippen molar-refractivity contribution in [2.75, 3.05) is 6.61 Å². The molecule has 9 heteroatoms. The van der Waals surface area contributed by atoms with Gasteiger partial charge < -0.3 is 13.6 Å². The highest BCUT2D eigenvalue weighted by Crippen LogP contribution is 2.52. The number of nitrogens with zero attached hydrogens (tertiary/aromatic N) is 2. The highest BCUT2D eigenvalue weighted by Gasteiger charge is 2.25. The third-order valence-corrected chi connectivity index (χ3v) is 7.80. The molecule has 0 N–H and O–H groups in total. The number of hydrogen-bond acceptors (Lipinski definition) is 6. The molecule has 3 aromatic carbocycles. The highest BCUT2D eigenvalue weighted by molar-refractivity contribution is 7.60. The molecule has 0 aromatic heterocycles. The van der Waals surface area contributed by atoms with Crippen LogP contribution in [0.3, 0.4) is 0 Å². The SMILES string of the molecule is Cc1ccc(OP=NP(Oc2ccc(C)cc2)N(OCC(C)C)POc2ccc(C)cc2)cc1. The fraction of sp³-hybridized carbons (Fsp3) is 0.280. The molecule has 0 aliphatic rings. The second-order valence-corrected chi connectivity index (χ2v) is 11.5. The number of benzene rings is 3. The third kappa shape index (κ3) is 9.29. The van der Waals surface area contributed by atoms with Crippen LogP contribution in [0.1, 0.15) is 30.5 Å². The van der Waals surface area contributed by atoms with Crippen molar-refractivity contribution in [2.45, 2.75) is 34.6 Å². The minimum absolute atomic E-state index is 0.136. The largest absolute Gasteiger partial charge is 0.458 e. The zero-order chi connectivity index (χ0) is 24.3. The van der Waals surface area contributed by atoms with Crippen molar-refractivity contribution in [3.63, 3.8) is 0 Å². The van der Waals surface area contributed by atoms with E-state index in [2.05, 4.69) is 18.4 Å². The average molecular weight is 516 g/mol. The molecule has 0 saturated carbocycles. The number of hydrogen-bond donors (Lipinski definition) is 0. The Hall–Kier alpha value is -2.06. The lowest BCUT2D eigenvalue weighted by molar-refractivity contribution is -0.0308. The molecule has 0 amide bonds. The van der Waals surface area contributed by atoms with E-state index in [4.69, 9.17) is 18.4 Å². The van der Waals surface area contributed by atoms with Crippen LogP contribution in [0.5, 0.6) is 17.2 Å². The summed E-state index contributed by atoms with van der Waals surface area (Å²) < 4.78 is 24.5. The quantitative estimate of drug-likeness (QED) is 0.178. The first-order chi connectivity index (χ1) is 16.4. The molecule has 0 aliphatic carbocycles. The van der Waals surface area contributed by atoms with Crippen LogP contribution in [-0.2, 0) is 4.84 Å². The Morgan fingerprint density at radius 3 is 1.82 bits per heavy atom. The first kappa shape index (κ1) is 26.5. The van der Waals surface area contributed by atoms with E-state index in [0.29, 0.717) is 26.9 Å². The molecule has 3 rings (SSSR count). The summed E-state index contributed by atoms with van der Waals surface area (Å²) in [6.45, 7) is 10.8. The number of rotatable bonds is 12. The molecule has 0 saturated heterocycles.